The zero-order chi connectivity index (χ0) is 12.1. The minimum atomic E-state index is 0.374. The van der Waals surface area contributed by atoms with E-state index >= 15 is 0 Å². The molecule has 0 bridgehead atoms. The van der Waals surface area contributed by atoms with Gasteiger partial charge >= 0.3 is 0 Å². The molecule has 2 aromatic carbocycles. The van der Waals surface area contributed by atoms with Gasteiger partial charge in [-0.15, -0.1) is 0 Å². The van der Waals surface area contributed by atoms with Crippen molar-refractivity contribution in [2.24, 2.45) is 0 Å². The lowest BCUT2D eigenvalue weighted by Crippen LogP contribution is -2.01. The number of fused-ring (bicyclic) bond motifs is 5. The van der Waals surface area contributed by atoms with E-state index in [4.69, 9.17) is 4.42 Å². The third kappa shape index (κ3) is 1.17. The summed E-state index contributed by atoms with van der Waals surface area (Å²) in [4.78, 5) is 0. The Kier molecular flexibility index (Phi) is 1.84. The number of aryl methyl sites for hydroxylation is 1. The molecule has 1 aliphatic rings. The normalized spacial score (nSPS) is 13.3. The van der Waals surface area contributed by atoms with Gasteiger partial charge in [-0.2, -0.15) is 0 Å². The Hall–Kier alpha value is -2.22. The SMILES string of the molecule is Oc1cccc2c1CCc1c-2oc2ccccc12. The molecule has 0 aliphatic heterocycles. The molecule has 0 saturated carbocycles. The van der Waals surface area contributed by atoms with Crippen LogP contribution in [0, 0.1) is 0 Å². The molecule has 1 N–H and O–H groups in total. The molecule has 1 heterocycles. The van der Waals surface area contributed by atoms with Crippen molar-refractivity contribution < 1.29 is 9.52 Å². The summed E-state index contributed by atoms with van der Waals surface area (Å²) >= 11 is 0. The minimum absolute atomic E-state index is 0.374. The van der Waals surface area contributed by atoms with Crippen LogP contribution in [0.3, 0.4) is 0 Å². The molecule has 0 unspecified atom stereocenters. The maximum Gasteiger partial charge on any atom is 0.139 e. The summed E-state index contributed by atoms with van der Waals surface area (Å²) in [7, 11) is 0. The molecule has 18 heavy (non-hydrogen) atoms. The van der Waals surface area contributed by atoms with Crippen LogP contribution in [0.15, 0.2) is 46.9 Å². The van der Waals surface area contributed by atoms with E-state index in [1.165, 1.54) is 10.9 Å². The first-order chi connectivity index (χ1) is 8.84. The van der Waals surface area contributed by atoms with Gasteiger partial charge in [-0.3, -0.25) is 0 Å². The highest BCUT2D eigenvalue weighted by atomic mass is 16.3. The van der Waals surface area contributed by atoms with Gasteiger partial charge < -0.3 is 9.52 Å². The van der Waals surface area contributed by atoms with E-state index < -0.39 is 0 Å². The van der Waals surface area contributed by atoms with Gasteiger partial charge in [0.1, 0.15) is 17.1 Å². The summed E-state index contributed by atoms with van der Waals surface area (Å²) in [5, 5.41) is 11.1. The molecule has 0 amide bonds. The van der Waals surface area contributed by atoms with Crippen molar-refractivity contribution in [1.82, 2.24) is 0 Å². The maximum absolute atomic E-state index is 9.92. The van der Waals surface area contributed by atoms with E-state index in [2.05, 4.69) is 6.07 Å². The van der Waals surface area contributed by atoms with Gasteiger partial charge in [-0.25, -0.2) is 0 Å². The quantitative estimate of drug-likeness (QED) is 0.642. The molecule has 2 nitrogen and oxygen atoms in total. The number of benzene rings is 2. The second-order valence-electron chi connectivity index (χ2n) is 4.71. The highest BCUT2D eigenvalue weighted by Gasteiger charge is 2.24. The van der Waals surface area contributed by atoms with E-state index in [0.717, 1.165) is 35.3 Å². The fourth-order valence-electron chi connectivity index (χ4n) is 2.86. The average molecular weight is 236 g/mol. The third-order valence-corrected chi connectivity index (χ3v) is 3.72. The number of furan rings is 1. The first-order valence-electron chi connectivity index (χ1n) is 6.16. The lowest BCUT2D eigenvalue weighted by molar-refractivity contribution is 0.467. The molecule has 0 spiro atoms. The second-order valence-corrected chi connectivity index (χ2v) is 4.71. The highest BCUT2D eigenvalue weighted by molar-refractivity contribution is 5.89. The Balaban J connectivity index is 2.09. The summed E-state index contributed by atoms with van der Waals surface area (Å²) in [5.74, 6) is 1.30. The molecule has 2 heteroatoms. The Morgan fingerprint density at radius 2 is 1.72 bits per heavy atom. The minimum Gasteiger partial charge on any atom is -0.508 e. The van der Waals surface area contributed by atoms with E-state index in [9.17, 15) is 5.11 Å². The molecule has 0 atom stereocenters. The van der Waals surface area contributed by atoms with Gasteiger partial charge in [0.2, 0.25) is 0 Å². The van der Waals surface area contributed by atoms with Gasteiger partial charge in [0.25, 0.3) is 0 Å². The van der Waals surface area contributed by atoms with Crippen LogP contribution in [0.5, 0.6) is 5.75 Å². The molecule has 3 aromatic rings. The zero-order valence-electron chi connectivity index (χ0n) is 9.81. The second kappa shape index (κ2) is 3.39. The monoisotopic (exact) mass is 236 g/mol. The van der Waals surface area contributed by atoms with E-state index in [1.54, 1.807) is 6.07 Å². The smallest absolute Gasteiger partial charge is 0.139 e. The van der Waals surface area contributed by atoms with Crippen LogP contribution in [0.25, 0.3) is 22.3 Å². The number of phenols is 1. The molecule has 0 saturated heterocycles. The summed E-state index contributed by atoms with van der Waals surface area (Å²) in [6, 6.07) is 13.8. The molecule has 4 rings (SSSR count). The Morgan fingerprint density at radius 1 is 0.889 bits per heavy atom. The van der Waals surface area contributed by atoms with Crippen LogP contribution in [-0.2, 0) is 12.8 Å². The molecular weight excluding hydrogens is 224 g/mol. The van der Waals surface area contributed by atoms with Crippen molar-refractivity contribution in [2.45, 2.75) is 12.8 Å². The predicted octanol–water partition coefficient (Wildman–Crippen LogP) is 3.90. The van der Waals surface area contributed by atoms with Gasteiger partial charge in [0, 0.05) is 22.1 Å². The molecule has 1 aromatic heterocycles. The van der Waals surface area contributed by atoms with Crippen molar-refractivity contribution in [3.8, 4) is 17.1 Å². The zero-order valence-corrected chi connectivity index (χ0v) is 9.81. The average Bonchev–Trinajstić information content (AvgIpc) is 2.78. The van der Waals surface area contributed by atoms with Crippen molar-refractivity contribution in [3.63, 3.8) is 0 Å². The Morgan fingerprint density at radius 3 is 2.67 bits per heavy atom. The molecule has 88 valence electrons. The lowest BCUT2D eigenvalue weighted by atomic mass is 9.89. The van der Waals surface area contributed by atoms with E-state index in [0.29, 0.717) is 5.75 Å². The number of para-hydroxylation sites is 1. The first-order valence-corrected chi connectivity index (χ1v) is 6.16. The molecule has 0 fully saturated rings. The van der Waals surface area contributed by atoms with E-state index in [-0.39, 0.29) is 0 Å². The summed E-state index contributed by atoms with van der Waals surface area (Å²) in [6.45, 7) is 0. The van der Waals surface area contributed by atoms with Gasteiger partial charge in [-0.1, -0.05) is 30.3 Å². The standard InChI is InChI=1S/C16H12O2/c17-14-6-3-5-12-10(14)8-9-13-11-4-1-2-7-15(11)18-16(12)13/h1-7,17H,8-9H2. The van der Waals surface area contributed by atoms with Crippen LogP contribution in [-0.4, -0.2) is 5.11 Å². The number of phenolic OH excluding ortho intramolecular Hbond substituents is 1. The van der Waals surface area contributed by atoms with E-state index in [1.807, 2.05) is 30.3 Å². The molecule has 0 radical (unpaired) electrons. The summed E-state index contributed by atoms with van der Waals surface area (Å²) in [5.41, 5.74) is 4.24. The summed E-state index contributed by atoms with van der Waals surface area (Å²) < 4.78 is 5.96. The van der Waals surface area contributed by atoms with Crippen LogP contribution in [0.2, 0.25) is 0 Å². The van der Waals surface area contributed by atoms with Crippen LogP contribution in [0.1, 0.15) is 11.1 Å². The number of rotatable bonds is 0. The number of aromatic hydroxyl groups is 1. The fraction of sp³-hybridized carbons (Fsp3) is 0.125. The Bertz CT molecular complexity index is 753. The fourth-order valence-corrected chi connectivity index (χ4v) is 2.86. The maximum atomic E-state index is 9.92. The molecular formula is C16H12O2. The van der Waals surface area contributed by atoms with Gasteiger partial charge in [0.05, 0.1) is 0 Å². The lowest BCUT2D eigenvalue weighted by Gasteiger charge is -2.16. The van der Waals surface area contributed by atoms with Gasteiger partial charge in [0.15, 0.2) is 0 Å². The van der Waals surface area contributed by atoms with Crippen molar-refractivity contribution in [1.29, 1.82) is 0 Å². The van der Waals surface area contributed by atoms with Crippen molar-refractivity contribution in [3.05, 3.63) is 53.6 Å². The predicted molar refractivity (Wildman–Crippen MR) is 70.7 cm³/mol. The van der Waals surface area contributed by atoms with Crippen LogP contribution in [0.4, 0.5) is 0 Å². The summed E-state index contributed by atoms with van der Waals surface area (Å²) in [6.07, 6.45) is 1.80. The van der Waals surface area contributed by atoms with Crippen LogP contribution >= 0.6 is 0 Å². The third-order valence-electron chi connectivity index (χ3n) is 3.72. The topological polar surface area (TPSA) is 33.4 Å². The van der Waals surface area contributed by atoms with Gasteiger partial charge in [-0.05, 0) is 25.0 Å². The first kappa shape index (κ1) is 9.77. The molecule has 1 aliphatic carbocycles. The Labute approximate surface area is 104 Å². The van der Waals surface area contributed by atoms with Crippen molar-refractivity contribution >= 4 is 11.0 Å². The number of hydrogen-bond donors (Lipinski definition) is 1. The number of hydrogen-bond acceptors (Lipinski definition) is 2. The van der Waals surface area contributed by atoms with Crippen LogP contribution < -0.4 is 0 Å². The largest absolute Gasteiger partial charge is 0.508 e. The highest BCUT2D eigenvalue weighted by Crippen LogP contribution is 2.42. The van der Waals surface area contributed by atoms with Crippen molar-refractivity contribution in [2.75, 3.05) is 0 Å².